The van der Waals surface area contributed by atoms with Crippen LogP contribution in [0.2, 0.25) is 0 Å². The van der Waals surface area contributed by atoms with Gasteiger partial charge in [0.2, 0.25) is 0 Å². The Morgan fingerprint density at radius 1 is 1.32 bits per heavy atom. The van der Waals surface area contributed by atoms with Crippen molar-refractivity contribution in [3.8, 4) is 0 Å². The van der Waals surface area contributed by atoms with E-state index in [1.165, 1.54) is 0 Å². The highest BCUT2D eigenvalue weighted by Crippen LogP contribution is 2.32. The molecule has 3 rings (SSSR count). The molecule has 0 aliphatic carbocycles. The standard InChI is InChI=1S/C13H15BrN2O3/c14-8-6-10-9(15-13(18)16-10)5-7(8)12(17)11-3-1-2-4-19-11/h5-6,11-12,17H,1-4H2,(H2,15,16,18). The second-order valence-electron chi connectivity index (χ2n) is 4.85. The van der Waals surface area contributed by atoms with E-state index < -0.39 is 6.10 Å². The first kappa shape index (κ1) is 12.9. The molecule has 1 aromatic carbocycles. The van der Waals surface area contributed by atoms with Crippen LogP contribution in [-0.4, -0.2) is 27.8 Å². The highest BCUT2D eigenvalue weighted by Gasteiger charge is 2.26. The third kappa shape index (κ3) is 2.48. The molecule has 1 fully saturated rings. The molecule has 1 aromatic heterocycles. The van der Waals surface area contributed by atoms with Crippen LogP contribution in [0.25, 0.3) is 11.0 Å². The van der Waals surface area contributed by atoms with E-state index in [-0.39, 0.29) is 11.8 Å². The molecule has 3 N–H and O–H groups in total. The van der Waals surface area contributed by atoms with Crippen LogP contribution in [0.3, 0.4) is 0 Å². The average Bonchev–Trinajstić information content (AvgIpc) is 2.77. The van der Waals surface area contributed by atoms with Crippen molar-refractivity contribution in [1.29, 1.82) is 0 Å². The van der Waals surface area contributed by atoms with Crippen LogP contribution in [0.1, 0.15) is 30.9 Å². The Morgan fingerprint density at radius 3 is 2.74 bits per heavy atom. The van der Waals surface area contributed by atoms with Gasteiger partial charge in [0.15, 0.2) is 0 Å². The van der Waals surface area contributed by atoms with Crippen molar-refractivity contribution >= 4 is 27.0 Å². The number of benzene rings is 1. The van der Waals surface area contributed by atoms with Crippen LogP contribution in [0.4, 0.5) is 0 Å². The number of imidazole rings is 1. The SMILES string of the molecule is O=c1[nH]c2cc(Br)c(C(O)C3CCCCO3)cc2[nH]1. The minimum atomic E-state index is -0.683. The number of H-pyrrole nitrogens is 2. The summed E-state index contributed by atoms with van der Waals surface area (Å²) in [4.78, 5) is 16.7. The maximum absolute atomic E-state index is 11.3. The second kappa shape index (κ2) is 5.11. The molecule has 19 heavy (non-hydrogen) atoms. The number of hydrogen-bond acceptors (Lipinski definition) is 3. The monoisotopic (exact) mass is 326 g/mol. The lowest BCUT2D eigenvalue weighted by Gasteiger charge is -2.27. The number of aliphatic hydroxyl groups excluding tert-OH is 1. The van der Waals surface area contributed by atoms with Gasteiger partial charge in [0.25, 0.3) is 0 Å². The van der Waals surface area contributed by atoms with Gasteiger partial charge in [-0.1, -0.05) is 15.9 Å². The molecule has 2 heterocycles. The molecule has 1 aliphatic rings. The van der Waals surface area contributed by atoms with E-state index >= 15 is 0 Å². The zero-order chi connectivity index (χ0) is 13.4. The van der Waals surface area contributed by atoms with Crippen molar-refractivity contribution in [2.45, 2.75) is 31.5 Å². The van der Waals surface area contributed by atoms with Crippen molar-refractivity contribution in [2.24, 2.45) is 0 Å². The van der Waals surface area contributed by atoms with E-state index in [1.54, 1.807) is 12.1 Å². The molecule has 2 unspecified atom stereocenters. The minimum absolute atomic E-state index is 0.173. The largest absolute Gasteiger partial charge is 0.386 e. The number of halogens is 1. The summed E-state index contributed by atoms with van der Waals surface area (Å²) < 4.78 is 6.39. The summed E-state index contributed by atoms with van der Waals surface area (Å²) in [6, 6.07) is 3.59. The van der Waals surface area contributed by atoms with Crippen LogP contribution in [-0.2, 0) is 4.74 Å². The van der Waals surface area contributed by atoms with Gasteiger partial charge in [-0.25, -0.2) is 4.79 Å². The van der Waals surface area contributed by atoms with Gasteiger partial charge in [-0.3, -0.25) is 0 Å². The van der Waals surface area contributed by atoms with Crippen molar-refractivity contribution < 1.29 is 9.84 Å². The normalized spacial score (nSPS) is 21.7. The first-order valence-corrected chi connectivity index (χ1v) is 7.15. The molecule has 2 atom stereocenters. The third-order valence-corrected chi connectivity index (χ3v) is 4.21. The van der Waals surface area contributed by atoms with Gasteiger partial charge < -0.3 is 19.8 Å². The fraction of sp³-hybridized carbons (Fsp3) is 0.462. The molecule has 0 amide bonds. The third-order valence-electron chi connectivity index (χ3n) is 3.52. The molecule has 1 aliphatic heterocycles. The van der Waals surface area contributed by atoms with E-state index in [1.807, 2.05) is 0 Å². The van der Waals surface area contributed by atoms with Crippen LogP contribution in [0.15, 0.2) is 21.4 Å². The highest BCUT2D eigenvalue weighted by atomic mass is 79.9. The Hall–Kier alpha value is -1.11. The lowest BCUT2D eigenvalue weighted by molar-refractivity contribution is -0.0635. The van der Waals surface area contributed by atoms with Gasteiger partial charge >= 0.3 is 5.69 Å². The number of aromatic amines is 2. The fourth-order valence-electron chi connectivity index (χ4n) is 2.51. The summed E-state index contributed by atoms with van der Waals surface area (Å²) in [7, 11) is 0. The number of fused-ring (bicyclic) bond motifs is 1. The van der Waals surface area contributed by atoms with Gasteiger partial charge in [0.1, 0.15) is 6.10 Å². The van der Waals surface area contributed by atoms with E-state index in [2.05, 4.69) is 25.9 Å². The zero-order valence-corrected chi connectivity index (χ0v) is 11.9. The minimum Gasteiger partial charge on any atom is -0.386 e. The molecular formula is C13H15BrN2O3. The Morgan fingerprint density at radius 2 is 2.05 bits per heavy atom. The Bertz CT molecular complexity index is 643. The number of nitrogens with one attached hydrogen (secondary N) is 2. The quantitative estimate of drug-likeness (QED) is 0.791. The number of ether oxygens (including phenoxy) is 1. The number of rotatable bonds is 2. The average molecular weight is 327 g/mol. The maximum atomic E-state index is 11.3. The van der Waals surface area contributed by atoms with Gasteiger partial charge in [-0.2, -0.15) is 0 Å². The Balaban J connectivity index is 1.98. The molecule has 0 radical (unpaired) electrons. The predicted molar refractivity (Wildman–Crippen MR) is 75.2 cm³/mol. The van der Waals surface area contributed by atoms with Gasteiger partial charge in [0, 0.05) is 11.1 Å². The van der Waals surface area contributed by atoms with E-state index in [9.17, 15) is 9.90 Å². The van der Waals surface area contributed by atoms with Gasteiger partial charge in [-0.05, 0) is 37.0 Å². The van der Waals surface area contributed by atoms with Crippen LogP contribution >= 0.6 is 15.9 Å². The van der Waals surface area contributed by atoms with Gasteiger partial charge in [0.05, 0.1) is 17.1 Å². The van der Waals surface area contributed by atoms with Crippen molar-refractivity contribution in [3.63, 3.8) is 0 Å². The van der Waals surface area contributed by atoms with Crippen molar-refractivity contribution in [2.75, 3.05) is 6.61 Å². The molecular weight excluding hydrogens is 312 g/mol. The maximum Gasteiger partial charge on any atom is 0.323 e. The Kier molecular flexibility index (Phi) is 3.47. The molecule has 102 valence electrons. The smallest absolute Gasteiger partial charge is 0.323 e. The van der Waals surface area contributed by atoms with E-state index in [4.69, 9.17) is 4.74 Å². The van der Waals surface area contributed by atoms with E-state index in [0.717, 1.165) is 34.8 Å². The highest BCUT2D eigenvalue weighted by molar-refractivity contribution is 9.10. The van der Waals surface area contributed by atoms with Crippen LogP contribution in [0.5, 0.6) is 0 Å². The first-order valence-electron chi connectivity index (χ1n) is 6.36. The van der Waals surface area contributed by atoms with Gasteiger partial charge in [-0.15, -0.1) is 0 Å². The summed E-state index contributed by atoms with van der Waals surface area (Å²) in [5.41, 5.74) is 1.91. The first-order chi connectivity index (χ1) is 9.15. The van der Waals surface area contributed by atoms with Crippen LogP contribution < -0.4 is 5.69 Å². The lowest BCUT2D eigenvalue weighted by atomic mass is 9.98. The number of aromatic nitrogens is 2. The fourth-order valence-corrected chi connectivity index (χ4v) is 3.09. The van der Waals surface area contributed by atoms with Crippen LogP contribution in [0, 0.1) is 0 Å². The van der Waals surface area contributed by atoms with Crippen molar-refractivity contribution in [1.82, 2.24) is 9.97 Å². The topological polar surface area (TPSA) is 78.1 Å². The zero-order valence-electron chi connectivity index (χ0n) is 10.3. The Labute approximate surface area is 118 Å². The molecule has 5 nitrogen and oxygen atoms in total. The molecule has 0 bridgehead atoms. The molecule has 6 heteroatoms. The summed E-state index contributed by atoms with van der Waals surface area (Å²) in [6.45, 7) is 0.697. The summed E-state index contributed by atoms with van der Waals surface area (Å²) in [5, 5.41) is 10.4. The summed E-state index contributed by atoms with van der Waals surface area (Å²) >= 11 is 3.44. The molecule has 1 saturated heterocycles. The van der Waals surface area contributed by atoms with Crippen molar-refractivity contribution in [3.05, 3.63) is 32.7 Å². The second-order valence-corrected chi connectivity index (χ2v) is 5.70. The molecule has 2 aromatic rings. The number of aliphatic hydroxyl groups is 1. The number of hydrogen-bond donors (Lipinski definition) is 3. The lowest BCUT2D eigenvalue weighted by Crippen LogP contribution is -2.26. The molecule has 0 spiro atoms. The summed E-state index contributed by atoms with van der Waals surface area (Å²) in [6.07, 6.45) is 2.12. The predicted octanol–water partition coefficient (Wildman–Crippen LogP) is 2.22. The van der Waals surface area contributed by atoms with E-state index in [0.29, 0.717) is 12.1 Å². The summed E-state index contributed by atoms with van der Waals surface area (Å²) in [5.74, 6) is 0. The molecule has 0 saturated carbocycles.